The number of piperazine rings is 1. The SMILES string of the molecule is CC(=O)Nc1cccc(-c2ccc3c(-c4ccc(N5CCN(C)CC5)cc4)[nH]nc3n2)c1. The molecular weight excluding hydrogens is 400 g/mol. The van der Waals surface area contributed by atoms with Crippen molar-refractivity contribution in [2.45, 2.75) is 6.92 Å². The normalized spacial score (nSPS) is 14.6. The van der Waals surface area contributed by atoms with Gasteiger partial charge in [-0.25, -0.2) is 4.98 Å². The van der Waals surface area contributed by atoms with E-state index in [1.165, 1.54) is 12.6 Å². The van der Waals surface area contributed by atoms with Gasteiger partial charge in [-0.2, -0.15) is 5.10 Å². The summed E-state index contributed by atoms with van der Waals surface area (Å²) in [5.41, 5.74) is 6.48. The van der Waals surface area contributed by atoms with Crippen molar-refractivity contribution in [1.29, 1.82) is 0 Å². The van der Waals surface area contributed by atoms with E-state index in [2.05, 4.69) is 62.7 Å². The van der Waals surface area contributed by atoms with E-state index in [-0.39, 0.29) is 5.91 Å². The van der Waals surface area contributed by atoms with E-state index < -0.39 is 0 Å². The fraction of sp³-hybridized carbons (Fsp3) is 0.240. The lowest BCUT2D eigenvalue weighted by Gasteiger charge is -2.34. The molecule has 4 aromatic rings. The predicted octanol–water partition coefficient (Wildman–Crippen LogP) is 4.00. The molecule has 1 aliphatic rings. The summed E-state index contributed by atoms with van der Waals surface area (Å²) in [6.45, 7) is 5.79. The fourth-order valence-corrected chi connectivity index (χ4v) is 4.14. The zero-order chi connectivity index (χ0) is 22.1. The Labute approximate surface area is 187 Å². The molecule has 0 saturated carbocycles. The largest absolute Gasteiger partial charge is 0.369 e. The van der Waals surface area contributed by atoms with E-state index >= 15 is 0 Å². The molecule has 0 atom stereocenters. The van der Waals surface area contributed by atoms with E-state index in [0.717, 1.165) is 59.8 Å². The van der Waals surface area contributed by atoms with Crippen LogP contribution in [0.4, 0.5) is 11.4 Å². The van der Waals surface area contributed by atoms with Crippen LogP contribution < -0.4 is 10.2 Å². The lowest BCUT2D eigenvalue weighted by molar-refractivity contribution is -0.114. The van der Waals surface area contributed by atoms with E-state index in [1.807, 2.05) is 30.3 Å². The Hall–Kier alpha value is -3.71. The number of aromatic nitrogens is 3. The maximum Gasteiger partial charge on any atom is 0.221 e. The van der Waals surface area contributed by atoms with Crippen molar-refractivity contribution in [3.63, 3.8) is 0 Å². The van der Waals surface area contributed by atoms with Gasteiger partial charge in [-0.1, -0.05) is 24.3 Å². The lowest BCUT2D eigenvalue weighted by Crippen LogP contribution is -2.44. The highest BCUT2D eigenvalue weighted by Gasteiger charge is 2.15. The summed E-state index contributed by atoms with van der Waals surface area (Å²) in [7, 11) is 2.17. The summed E-state index contributed by atoms with van der Waals surface area (Å²) in [4.78, 5) is 20.9. The topological polar surface area (TPSA) is 77.2 Å². The average molecular weight is 427 g/mol. The number of anilines is 2. The number of carbonyl (C=O) groups excluding carboxylic acids is 1. The first-order valence-corrected chi connectivity index (χ1v) is 10.8. The zero-order valence-corrected chi connectivity index (χ0v) is 18.3. The minimum absolute atomic E-state index is 0.0962. The molecule has 1 aliphatic heterocycles. The van der Waals surface area contributed by atoms with Crippen molar-refractivity contribution < 1.29 is 4.79 Å². The highest BCUT2D eigenvalue weighted by Crippen LogP contribution is 2.30. The average Bonchev–Trinajstić information content (AvgIpc) is 3.23. The molecule has 32 heavy (non-hydrogen) atoms. The molecular formula is C25H26N6O. The van der Waals surface area contributed by atoms with Crippen molar-refractivity contribution >= 4 is 28.3 Å². The number of fused-ring (bicyclic) bond motifs is 1. The highest BCUT2D eigenvalue weighted by atomic mass is 16.1. The van der Waals surface area contributed by atoms with Crippen molar-refractivity contribution in [2.75, 3.05) is 43.4 Å². The van der Waals surface area contributed by atoms with Gasteiger partial charge in [-0.3, -0.25) is 9.89 Å². The number of rotatable bonds is 4. The number of nitrogens with zero attached hydrogens (tertiary/aromatic N) is 4. The summed E-state index contributed by atoms with van der Waals surface area (Å²) >= 11 is 0. The first kappa shape index (κ1) is 20.2. The molecule has 0 radical (unpaired) electrons. The smallest absolute Gasteiger partial charge is 0.221 e. The van der Waals surface area contributed by atoms with Crippen LogP contribution in [0.2, 0.25) is 0 Å². The van der Waals surface area contributed by atoms with Crippen molar-refractivity contribution in [3.8, 4) is 22.5 Å². The molecule has 7 nitrogen and oxygen atoms in total. The first-order valence-electron chi connectivity index (χ1n) is 10.8. The molecule has 2 aromatic heterocycles. The molecule has 7 heteroatoms. The fourth-order valence-electron chi connectivity index (χ4n) is 4.14. The molecule has 0 unspecified atom stereocenters. The third kappa shape index (κ3) is 4.07. The molecule has 5 rings (SSSR count). The van der Waals surface area contributed by atoms with E-state index in [9.17, 15) is 4.79 Å². The maximum atomic E-state index is 11.4. The number of hydrogen-bond donors (Lipinski definition) is 2. The molecule has 1 amide bonds. The number of nitrogens with one attached hydrogen (secondary N) is 2. The number of H-pyrrole nitrogens is 1. The standard InChI is InChI=1S/C25H26N6O/c1-17(32)26-20-5-3-4-19(16-20)23-11-10-22-24(28-29-25(22)27-23)18-6-8-21(9-7-18)31-14-12-30(2)13-15-31/h3-11,16H,12-15H2,1-2H3,(H,26,32)(H,27,28,29). The monoisotopic (exact) mass is 426 g/mol. The van der Waals surface area contributed by atoms with Crippen LogP contribution in [0.25, 0.3) is 33.5 Å². The van der Waals surface area contributed by atoms with Gasteiger partial charge in [-0.05, 0) is 43.4 Å². The Bertz CT molecular complexity index is 1260. The van der Waals surface area contributed by atoms with Crippen LogP contribution in [0.5, 0.6) is 0 Å². The Morgan fingerprint density at radius 3 is 2.50 bits per heavy atom. The molecule has 2 aromatic carbocycles. The number of benzene rings is 2. The van der Waals surface area contributed by atoms with Gasteiger partial charge in [0.1, 0.15) is 0 Å². The second-order valence-electron chi connectivity index (χ2n) is 8.27. The van der Waals surface area contributed by atoms with Gasteiger partial charge >= 0.3 is 0 Å². The number of carbonyl (C=O) groups is 1. The van der Waals surface area contributed by atoms with Gasteiger partial charge in [0.05, 0.1) is 11.4 Å². The van der Waals surface area contributed by atoms with E-state index in [1.54, 1.807) is 0 Å². The summed E-state index contributed by atoms with van der Waals surface area (Å²) < 4.78 is 0. The summed E-state index contributed by atoms with van der Waals surface area (Å²) in [6, 6.07) is 20.4. The maximum absolute atomic E-state index is 11.4. The second-order valence-corrected chi connectivity index (χ2v) is 8.27. The van der Waals surface area contributed by atoms with Crippen LogP contribution in [0.1, 0.15) is 6.92 Å². The zero-order valence-electron chi connectivity index (χ0n) is 18.3. The highest BCUT2D eigenvalue weighted by molar-refractivity contribution is 5.93. The van der Waals surface area contributed by atoms with Gasteiger partial charge in [0, 0.05) is 61.0 Å². The molecule has 3 heterocycles. The number of pyridine rings is 1. The van der Waals surface area contributed by atoms with Crippen LogP contribution >= 0.6 is 0 Å². The van der Waals surface area contributed by atoms with E-state index in [4.69, 9.17) is 4.98 Å². The summed E-state index contributed by atoms with van der Waals surface area (Å²) in [5, 5.41) is 11.4. The minimum atomic E-state index is -0.0962. The summed E-state index contributed by atoms with van der Waals surface area (Å²) in [6.07, 6.45) is 0. The van der Waals surface area contributed by atoms with Gasteiger partial charge in [0.15, 0.2) is 5.65 Å². The minimum Gasteiger partial charge on any atom is -0.369 e. The molecule has 162 valence electrons. The second kappa shape index (κ2) is 8.43. The van der Waals surface area contributed by atoms with Gasteiger partial charge in [0.25, 0.3) is 0 Å². The predicted molar refractivity (Wildman–Crippen MR) is 129 cm³/mol. The number of aromatic amines is 1. The van der Waals surface area contributed by atoms with Crippen LogP contribution in [0.15, 0.2) is 60.7 Å². The quantitative estimate of drug-likeness (QED) is 0.516. The van der Waals surface area contributed by atoms with Gasteiger partial charge in [-0.15, -0.1) is 0 Å². The lowest BCUT2D eigenvalue weighted by atomic mass is 10.1. The van der Waals surface area contributed by atoms with E-state index in [0.29, 0.717) is 5.65 Å². The Kier molecular flexibility index (Phi) is 5.33. The Morgan fingerprint density at radius 1 is 0.969 bits per heavy atom. The van der Waals surface area contributed by atoms with Crippen LogP contribution in [-0.2, 0) is 4.79 Å². The Morgan fingerprint density at radius 2 is 1.75 bits per heavy atom. The molecule has 1 fully saturated rings. The number of hydrogen-bond acceptors (Lipinski definition) is 5. The van der Waals surface area contributed by atoms with Crippen molar-refractivity contribution in [2.24, 2.45) is 0 Å². The van der Waals surface area contributed by atoms with Gasteiger partial charge < -0.3 is 15.1 Å². The third-order valence-electron chi connectivity index (χ3n) is 5.92. The van der Waals surface area contributed by atoms with Crippen molar-refractivity contribution in [3.05, 3.63) is 60.7 Å². The Balaban J connectivity index is 1.40. The number of likely N-dealkylation sites (N-methyl/N-ethyl adjacent to an activating group) is 1. The molecule has 1 saturated heterocycles. The third-order valence-corrected chi connectivity index (χ3v) is 5.92. The molecule has 0 aliphatic carbocycles. The van der Waals surface area contributed by atoms with Crippen molar-refractivity contribution in [1.82, 2.24) is 20.1 Å². The molecule has 2 N–H and O–H groups in total. The van der Waals surface area contributed by atoms with Crippen LogP contribution in [-0.4, -0.2) is 59.2 Å². The first-order chi connectivity index (χ1) is 15.6. The number of amides is 1. The molecule has 0 spiro atoms. The van der Waals surface area contributed by atoms with Gasteiger partial charge in [0.2, 0.25) is 5.91 Å². The molecule has 0 bridgehead atoms. The van der Waals surface area contributed by atoms with Crippen LogP contribution in [0.3, 0.4) is 0 Å². The van der Waals surface area contributed by atoms with Crippen LogP contribution in [0, 0.1) is 0 Å². The summed E-state index contributed by atoms with van der Waals surface area (Å²) in [5.74, 6) is -0.0962.